The van der Waals surface area contributed by atoms with Crippen molar-refractivity contribution in [2.24, 2.45) is 0 Å². The van der Waals surface area contributed by atoms with Crippen molar-refractivity contribution >= 4 is 28.9 Å². The number of nitrogens with one attached hydrogen (secondary N) is 2. The molecule has 0 saturated heterocycles. The Balaban J connectivity index is 1.83. The van der Waals surface area contributed by atoms with Crippen molar-refractivity contribution in [1.82, 2.24) is 30.4 Å². The Labute approximate surface area is 172 Å². The van der Waals surface area contributed by atoms with Gasteiger partial charge in [-0.25, -0.2) is 5.10 Å². The van der Waals surface area contributed by atoms with E-state index in [1.165, 1.54) is 16.8 Å². The Bertz CT molecular complexity index is 1370. The van der Waals surface area contributed by atoms with E-state index in [2.05, 4.69) is 31.0 Å². The summed E-state index contributed by atoms with van der Waals surface area (Å²) in [6, 6.07) is 12.4. The first-order valence-electron chi connectivity index (χ1n) is 8.71. The quantitative estimate of drug-likeness (QED) is 0.333. The highest BCUT2D eigenvalue weighted by atomic mass is 35.5. The number of hydrogen-bond donors (Lipinski definition) is 2. The molecule has 0 bridgehead atoms. The van der Waals surface area contributed by atoms with E-state index in [0.717, 1.165) is 0 Å². The van der Waals surface area contributed by atoms with Gasteiger partial charge in [0.25, 0.3) is 11.2 Å². The fourth-order valence-corrected chi connectivity index (χ4v) is 3.75. The number of nitro groups is 1. The molecule has 2 aromatic heterocycles. The van der Waals surface area contributed by atoms with Crippen LogP contribution in [0.5, 0.6) is 0 Å². The zero-order chi connectivity index (χ0) is 20.8. The van der Waals surface area contributed by atoms with Gasteiger partial charge in [0, 0.05) is 33.8 Å². The topological polar surface area (TPSA) is 145 Å². The third kappa shape index (κ3) is 2.71. The van der Waals surface area contributed by atoms with Crippen LogP contribution in [0.3, 0.4) is 0 Å². The molecule has 0 spiro atoms. The smallest absolute Gasteiger partial charge is 0.288 e. The standard InChI is InChI=1S/C18H11ClN8O3/c19-12-7-2-1-6-11(12)16-13-14(9-4-3-5-10(8-9)27(29)30)21-22-17(28)15(13)20-18-23-24-25-26(16)18/h1-8,16H,(H,22,28)(H,20,23,25)/t16-/m1/s1. The maximum atomic E-state index is 12.6. The number of benzene rings is 2. The average molecular weight is 423 g/mol. The molecule has 11 nitrogen and oxygen atoms in total. The third-order valence-electron chi connectivity index (χ3n) is 4.80. The fourth-order valence-electron chi connectivity index (χ4n) is 3.51. The van der Waals surface area contributed by atoms with Gasteiger partial charge in [0.2, 0.25) is 5.95 Å². The summed E-state index contributed by atoms with van der Waals surface area (Å²) < 4.78 is 1.49. The summed E-state index contributed by atoms with van der Waals surface area (Å²) in [4.78, 5) is 23.4. The minimum atomic E-state index is -0.677. The van der Waals surface area contributed by atoms with Crippen LogP contribution in [0.15, 0.2) is 53.3 Å². The Morgan fingerprint density at radius 1 is 1.17 bits per heavy atom. The molecule has 12 heteroatoms. The molecular weight excluding hydrogens is 412 g/mol. The Morgan fingerprint density at radius 3 is 2.80 bits per heavy atom. The number of aromatic nitrogens is 6. The zero-order valence-electron chi connectivity index (χ0n) is 15.0. The molecule has 2 aromatic carbocycles. The van der Waals surface area contributed by atoms with Crippen LogP contribution in [0.2, 0.25) is 5.02 Å². The molecule has 0 unspecified atom stereocenters. The molecule has 0 amide bonds. The number of aromatic amines is 1. The molecule has 0 radical (unpaired) electrons. The molecular formula is C18H11ClN8O3. The molecule has 0 saturated carbocycles. The summed E-state index contributed by atoms with van der Waals surface area (Å²) in [7, 11) is 0. The zero-order valence-corrected chi connectivity index (χ0v) is 15.7. The molecule has 1 aliphatic rings. The Morgan fingerprint density at radius 2 is 2.00 bits per heavy atom. The Kier molecular flexibility index (Phi) is 4.03. The first-order chi connectivity index (χ1) is 14.5. The van der Waals surface area contributed by atoms with Crippen LogP contribution in [-0.2, 0) is 0 Å². The van der Waals surface area contributed by atoms with E-state index in [-0.39, 0.29) is 17.3 Å². The highest BCUT2D eigenvalue weighted by molar-refractivity contribution is 6.31. The number of halogens is 1. The van der Waals surface area contributed by atoms with Crippen LogP contribution in [0, 0.1) is 10.1 Å². The summed E-state index contributed by atoms with van der Waals surface area (Å²) in [5.74, 6) is 0.258. The first kappa shape index (κ1) is 17.9. The van der Waals surface area contributed by atoms with Gasteiger partial charge < -0.3 is 5.32 Å². The predicted molar refractivity (Wildman–Crippen MR) is 107 cm³/mol. The molecule has 4 aromatic rings. The van der Waals surface area contributed by atoms with Gasteiger partial charge in [-0.2, -0.15) is 9.78 Å². The van der Waals surface area contributed by atoms with Crippen LogP contribution >= 0.6 is 11.6 Å². The lowest BCUT2D eigenvalue weighted by atomic mass is 9.92. The molecule has 0 aliphatic carbocycles. The largest absolute Gasteiger partial charge is 0.318 e. The van der Waals surface area contributed by atoms with E-state index in [4.69, 9.17) is 11.6 Å². The van der Waals surface area contributed by atoms with Crippen molar-refractivity contribution < 1.29 is 4.92 Å². The second-order valence-corrected chi connectivity index (χ2v) is 6.90. The molecule has 30 heavy (non-hydrogen) atoms. The van der Waals surface area contributed by atoms with Crippen molar-refractivity contribution in [3.05, 3.63) is 85.1 Å². The highest BCUT2D eigenvalue weighted by Gasteiger charge is 2.35. The average Bonchev–Trinajstić information content (AvgIpc) is 3.22. The van der Waals surface area contributed by atoms with Crippen LogP contribution in [-0.4, -0.2) is 35.3 Å². The monoisotopic (exact) mass is 422 g/mol. The van der Waals surface area contributed by atoms with Crippen LogP contribution in [0.1, 0.15) is 17.2 Å². The lowest BCUT2D eigenvalue weighted by molar-refractivity contribution is -0.384. The number of tetrazole rings is 1. The summed E-state index contributed by atoms with van der Waals surface area (Å²) in [6.45, 7) is 0. The maximum Gasteiger partial charge on any atom is 0.288 e. The van der Waals surface area contributed by atoms with Crippen molar-refractivity contribution in [3.63, 3.8) is 0 Å². The molecule has 148 valence electrons. The maximum absolute atomic E-state index is 12.6. The fraction of sp³-hybridized carbons (Fsp3) is 0.0556. The Hall–Kier alpha value is -4.12. The van der Waals surface area contributed by atoms with Crippen molar-refractivity contribution in [1.29, 1.82) is 0 Å². The van der Waals surface area contributed by atoms with Gasteiger partial charge >= 0.3 is 0 Å². The lowest BCUT2D eigenvalue weighted by Crippen LogP contribution is -2.29. The number of nitrogens with zero attached hydrogens (tertiary/aromatic N) is 6. The number of nitro benzene ring substituents is 1. The molecule has 5 rings (SSSR count). The van der Waals surface area contributed by atoms with E-state index in [0.29, 0.717) is 27.4 Å². The normalized spacial score (nSPS) is 14.5. The van der Waals surface area contributed by atoms with Crippen LogP contribution in [0.4, 0.5) is 17.3 Å². The molecule has 2 N–H and O–H groups in total. The summed E-state index contributed by atoms with van der Waals surface area (Å²) in [5.41, 5.74) is 1.50. The predicted octanol–water partition coefficient (Wildman–Crippen LogP) is 2.68. The van der Waals surface area contributed by atoms with Crippen molar-refractivity contribution in [2.45, 2.75) is 6.04 Å². The van der Waals surface area contributed by atoms with E-state index in [9.17, 15) is 14.9 Å². The van der Waals surface area contributed by atoms with Crippen LogP contribution < -0.4 is 10.9 Å². The first-order valence-corrected chi connectivity index (χ1v) is 9.09. The van der Waals surface area contributed by atoms with E-state index < -0.39 is 16.5 Å². The minimum Gasteiger partial charge on any atom is -0.318 e. The molecule has 1 atom stereocenters. The van der Waals surface area contributed by atoms with Gasteiger partial charge in [0.1, 0.15) is 11.7 Å². The molecule has 0 fully saturated rings. The number of fused-ring (bicyclic) bond motifs is 2. The molecule has 1 aliphatic heterocycles. The highest BCUT2D eigenvalue weighted by Crippen LogP contribution is 2.43. The van der Waals surface area contributed by atoms with E-state index in [1.54, 1.807) is 36.4 Å². The van der Waals surface area contributed by atoms with Gasteiger partial charge in [0.15, 0.2) is 0 Å². The van der Waals surface area contributed by atoms with Gasteiger partial charge in [-0.05, 0) is 16.5 Å². The van der Waals surface area contributed by atoms with Gasteiger partial charge in [-0.15, -0.1) is 0 Å². The van der Waals surface area contributed by atoms with E-state index >= 15 is 0 Å². The van der Waals surface area contributed by atoms with Gasteiger partial charge in [-0.1, -0.05) is 47.0 Å². The summed E-state index contributed by atoms with van der Waals surface area (Å²) in [5, 5.41) is 32.9. The van der Waals surface area contributed by atoms with Crippen molar-refractivity contribution in [3.8, 4) is 11.3 Å². The van der Waals surface area contributed by atoms with E-state index in [1.807, 2.05) is 0 Å². The number of hydrogen-bond acceptors (Lipinski definition) is 8. The number of H-pyrrole nitrogens is 1. The number of anilines is 2. The number of non-ortho nitro benzene ring substituents is 1. The third-order valence-corrected chi connectivity index (χ3v) is 5.14. The minimum absolute atomic E-state index is 0.101. The van der Waals surface area contributed by atoms with Gasteiger partial charge in [0.05, 0.1) is 10.6 Å². The molecule has 3 heterocycles. The van der Waals surface area contributed by atoms with Crippen molar-refractivity contribution in [2.75, 3.05) is 5.32 Å². The SMILES string of the molecule is O=c1[nH]nc(-c2cccc([N+](=O)[O-])c2)c2c1Nc1nnnn1[C@@H]2c1ccccc1Cl. The van der Waals surface area contributed by atoms with Gasteiger partial charge in [-0.3, -0.25) is 14.9 Å². The summed E-state index contributed by atoms with van der Waals surface area (Å²) in [6.07, 6.45) is 0. The number of rotatable bonds is 3. The van der Waals surface area contributed by atoms with Crippen LogP contribution in [0.25, 0.3) is 11.3 Å². The summed E-state index contributed by atoms with van der Waals surface area (Å²) >= 11 is 6.46. The second-order valence-electron chi connectivity index (χ2n) is 6.49. The second kappa shape index (κ2) is 6.74. The lowest BCUT2D eigenvalue weighted by Gasteiger charge is -2.28.